The van der Waals surface area contributed by atoms with Gasteiger partial charge in [0.25, 0.3) is 11.8 Å². The van der Waals surface area contributed by atoms with Crippen LogP contribution in [0.3, 0.4) is 0 Å². The van der Waals surface area contributed by atoms with Crippen molar-refractivity contribution in [1.29, 1.82) is 0 Å². The van der Waals surface area contributed by atoms with Gasteiger partial charge >= 0.3 is 0 Å². The van der Waals surface area contributed by atoms with E-state index in [9.17, 15) is 9.59 Å². The fourth-order valence-corrected chi connectivity index (χ4v) is 3.93. The van der Waals surface area contributed by atoms with Gasteiger partial charge in [-0.25, -0.2) is 9.97 Å². The lowest BCUT2D eigenvalue weighted by Crippen LogP contribution is -2.46. The topological polar surface area (TPSA) is 132 Å². The van der Waals surface area contributed by atoms with Crippen LogP contribution in [-0.2, 0) is 20.7 Å². The summed E-state index contributed by atoms with van der Waals surface area (Å²) in [5.74, 6) is 0.219. The van der Waals surface area contributed by atoms with Gasteiger partial charge in [0, 0.05) is 56.8 Å². The lowest BCUT2D eigenvalue weighted by atomic mass is 9.97. The van der Waals surface area contributed by atoms with Crippen LogP contribution in [-0.4, -0.2) is 60.7 Å². The number of fused-ring (bicyclic) bond motifs is 1. The van der Waals surface area contributed by atoms with Gasteiger partial charge in [0.15, 0.2) is 11.4 Å². The van der Waals surface area contributed by atoms with E-state index in [-0.39, 0.29) is 17.3 Å². The van der Waals surface area contributed by atoms with Gasteiger partial charge < -0.3 is 30.7 Å². The zero-order valence-corrected chi connectivity index (χ0v) is 18.1. The molecule has 1 aromatic carbocycles. The third kappa shape index (κ3) is 4.09. The number of amides is 2. The predicted octanol–water partition coefficient (Wildman–Crippen LogP) is 0.691. The molecule has 10 nitrogen and oxygen atoms in total. The van der Waals surface area contributed by atoms with Crippen LogP contribution in [0.5, 0.6) is 5.75 Å². The highest BCUT2D eigenvalue weighted by atomic mass is 16.5. The van der Waals surface area contributed by atoms with Crippen molar-refractivity contribution in [2.24, 2.45) is 5.73 Å². The summed E-state index contributed by atoms with van der Waals surface area (Å²) in [6.07, 6.45) is 4.67. The van der Waals surface area contributed by atoms with E-state index in [2.05, 4.69) is 25.5 Å². The highest BCUT2D eigenvalue weighted by Crippen LogP contribution is 2.42. The maximum absolute atomic E-state index is 13.1. The second-order valence-electron chi connectivity index (χ2n) is 7.77. The summed E-state index contributed by atoms with van der Waals surface area (Å²) < 4.78 is 11.5. The molecule has 1 atom stereocenters. The largest absolute Gasteiger partial charge is 0.477 e. The van der Waals surface area contributed by atoms with Crippen LogP contribution < -0.4 is 26.0 Å². The maximum Gasteiger partial charge on any atom is 0.264 e. The van der Waals surface area contributed by atoms with Gasteiger partial charge in [0.2, 0.25) is 0 Å². The monoisotopic (exact) mass is 438 g/mol. The Bertz CT molecular complexity index is 1050. The summed E-state index contributed by atoms with van der Waals surface area (Å²) in [4.78, 5) is 35.8. The number of rotatable bonds is 5. The number of hydrogen-bond donors (Lipinski definition) is 3. The predicted molar refractivity (Wildman–Crippen MR) is 119 cm³/mol. The minimum Gasteiger partial charge on any atom is -0.477 e. The van der Waals surface area contributed by atoms with E-state index in [0.717, 1.165) is 11.3 Å². The Labute approximate surface area is 185 Å². The number of aromatic nitrogens is 2. The number of ether oxygens (including phenoxy) is 2. The van der Waals surface area contributed by atoms with Crippen LogP contribution in [0.4, 0.5) is 11.4 Å². The number of nitrogens with zero attached hydrogens (tertiary/aromatic N) is 3. The first kappa shape index (κ1) is 21.6. The highest BCUT2D eigenvalue weighted by molar-refractivity contribution is 6.24. The number of nitrogens with two attached hydrogens (primary N) is 1. The Morgan fingerprint density at radius 2 is 1.94 bits per heavy atom. The van der Waals surface area contributed by atoms with Gasteiger partial charge in [-0.1, -0.05) is 0 Å². The fourth-order valence-electron chi connectivity index (χ4n) is 3.93. The molecular formula is C22H26N6O4. The summed E-state index contributed by atoms with van der Waals surface area (Å²) in [5, 5.41) is 5.60. The summed E-state index contributed by atoms with van der Waals surface area (Å²) in [6.45, 7) is 4.23. The zero-order valence-electron chi connectivity index (χ0n) is 18.1. The van der Waals surface area contributed by atoms with Crippen LogP contribution in [0.1, 0.15) is 18.3 Å². The summed E-state index contributed by atoms with van der Waals surface area (Å²) >= 11 is 0. The third-order valence-corrected chi connectivity index (χ3v) is 5.57. The van der Waals surface area contributed by atoms with Crippen molar-refractivity contribution in [2.45, 2.75) is 18.9 Å². The molecule has 10 heteroatoms. The lowest BCUT2D eigenvalue weighted by Gasteiger charge is -2.31. The van der Waals surface area contributed by atoms with Crippen molar-refractivity contribution in [3.05, 3.63) is 48.2 Å². The molecule has 3 heterocycles. The number of benzene rings is 1. The molecule has 0 saturated carbocycles. The smallest absolute Gasteiger partial charge is 0.264 e. The van der Waals surface area contributed by atoms with Gasteiger partial charge in [-0.05, 0) is 19.1 Å². The molecule has 2 aliphatic heterocycles. The summed E-state index contributed by atoms with van der Waals surface area (Å²) in [7, 11) is 1.58. The average molecular weight is 438 g/mol. The van der Waals surface area contributed by atoms with Crippen molar-refractivity contribution in [1.82, 2.24) is 15.3 Å². The van der Waals surface area contributed by atoms with Gasteiger partial charge in [0.1, 0.15) is 5.75 Å². The molecule has 1 saturated heterocycles. The van der Waals surface area contributed by atoms with Crippen LogP contribution in [0.15, 0.2) is 36.8 Å². The number of hydrogen-bond acceptors (Lipinski definition) is 8. The van der Waals surface area contributed by atoms with E-state index in [1.54, 1.807) is 32.4 Å². The van der Waals surface area contributed by atoms with Crippen LogP contribution >= 0.6 is 0 Å². The minimum atomic E-state index is -1.01. The standard InChI is InChI=1S/C22H26N6O4/c1-22(21(30)24-2)12-14-10-16(17(11-18(14)32-22)28-6-8-31-9-7-28)27-20(29)15(13-23)19-25-4-3-5-26-19/h3-5,10-11,13H,6-9,12,23H2,1-2H3,(H,24,30)(H,27,29)/t22-/m0/s1. The van der Waals surface area contributed by atoms with Gasteiger partial charge in [-0.2, -0.15) is 0 Å². The molecule has 0 bridgehead atoms. The molecule has 2 aliphatic rings. The van der Waals surface area contributed by atoms with E-state index in [4.69, 9.17) is 15.2 Å². The van der Waals surface area contributed by atoms with Crippen molar-refractivity contribution in [2.75, 3.05) is 43.6 Å². The second kappa shape index (κ2) is 8.83. The van der Waals surface area contributed by atoms with E-state index >= 15 is 0 Å². The zero-order chi connectivity index (χ0) is 22.7. The Kier molecular flexibility index (Phi) is 5.95. The number of anilines is 2. The molecule has 0 aliphatic carbocycles. The normalized spacial score (nSPS) is 20.3. The maximum atomic E-state index is 13.1. The molecular weight excluding hydrogens is 412 g/mol. The number of nitrogens with one attached hydrogen (secondary N) is 2. The first-order chi connectivity index (χ1) is 15.4. The molecule has 1 aromatic heterocycles. The first-order valence-electron chi connectivity index (χ1n) is 10.4. The number of morpholine rings is 1. The molecule has 2 aromatic rings. The first-order valence-corrected chi connectivity index (χ1v) is 10.4. The fraction of sp³-hybridized carbons (Fsp3) is 0.364. The van der Waals surface area contributed by atoms with Gasteiger partial charge in [-0.15, -0.1) is 0 Å². The Balaban J connectivity index is 1.69. The van der Waals surface area contributed by atoms with Crippen molar-refractivity contribution >= 4 is 28.8 Å². The van der Waals surface area contributed by atoms with Gasteiger partial charge in [0.05, 0.1) is 30.2 Å². The molecule has 4 N–H and O–H groups in total. The van der Waals surface area contributed by atoms with Crippen LogP contribution in [0.25, 0.3) is 5.57 Å². The number of carbonyl (C=O) groups excluding carboxylic acids is 2. The Hall–Kier alpha value is -3.66. The summed E-state index contributed by atoms with van der Waals surface area (Å²) in [6, 6.07) is 5.39. The van der Waals surface area contributed by atoms with Crippen LogP contribution in [0.2, 0.25) is 0 Å². The summed E-state index contributed by atoms with van der Waals surface area (Å²) in [5.41, 5.74) is 7.08. The van der Waals surface area contributed by atoms with Gasteiger partial charge in [-0.3, -0.25) is 9.59 Å². The van der Waals surface area contributed by atoms with Crippen LogP contribution in [0, 0.1) is 0 Å². The number of carbonyl (C=O) groups is 2. The number of likely N-dealkylation sites (N-methyl/N-ethyl adjacent to an activating group) is 1. The lowest BCUT2D eigenvalue weighted by molar-refractivity contribution is -0.133. The van der Waals surface area contributed by atoms with E-state index in [1.165, 1.54) is 6.20 Å². The van der Waals surface area contributed by atoms with Crippen molar-refractivity contribution in [3.8, 4) is 5.75 Å². The molecule has 0 radical (unpaired) electrons. The average Bonchev–Trinajstić information content (AvgIpc) is 3.16. The highest BCUT2D eigenvalue weighted by Gasteiger charge is 2.42. The molecule has 0 unspecified atom stereocenters. The third-order valence-electron chi connectivity index (χ3n) is 5.57. The molecule has 168 valence electrons. The Morgan fingerprint density at radius 3 is 2.59 bits per heavy atom. The Morgan fingerprint density at radius 1 is 1.22 bits per heavy atom. The molecule has 4 rings (SSSR count). The molecule has 2 amide bonds. The molecule has 1 fully saturated rings. The van der Waals surface area contributed by atoms with E-state index in [0.29, 0.717) is 44.2 Å². The van der Waals surface area contributed by atoms with Crippen molar-refractivity contribution < 1.29 is 19.1 Å². The molecule has 0 spiro atoms. The van der Waals surface area contributed by atoms with E-state index < -0.39 is 11.5 Å². The van der Waals surface area contributed by atoms with E-state index in [1.807, 2.05) is 12.1 Å². The quantitative estimate of drug-likeness (QED) is 0.581. The van der Waals surface area contributed by atoms with Crippen molar-refractivity contribution in [3.63, 3.8) is 0 Å². The SMILES string of the molecule is CNC(=O)[C@]1(C)Cc2cc(NC(=O)C(=CN)c3ncccn3)c(N3CCOCC3)cc2O1. The second-order valence-corrected chi connectivity index (χ2v) is 7.77. The minimum absolute atomic E-state index is 0.158. The molecule has 32 heavy (non-hydrogen) atoms.